The molecule has 0 amide bonds. The molecule has 0 aliphatic carbocycles. The third-order valence-electron chi connectivity index (χ3n) is 2.91. The molecule has 1 atom stereocenters. The molecule has 7 nitrogen and oxygen atoms in total. The van der Waals surface area contributed by atoms with Crippen molar-refractivity contribution in [3.05, 3.63) is 32.3 Å². The standard InChI is InChI=1S/C11H10Cl2N2O5/c12-7-3-6(15(18)19)4-8(13)10(7)14-1-2-20-5-9(14)11(16)17/h3-4,9H,1-2,5H2,(H,16,17). The number of rotatable bonds is 3. The van der Waals surface area contributed by atoms with Crippen molar-refractivity contribution in [2.24, 2.45) is 0 Å². The Labute approximate surface area is 123 Å². The van der Waals surface area contributed by atoms with Crippen LogP contribution in [-0.2, 0) is 9.53 Å². The van der Waals surface area contributed by atoms with E-state index in [-0.39, 0.29) is 34.6 Å². The Morgan fingerprint density at radius 2 is 2.05 bits per heavy atom. The molecule has 1 aromatic carbocycles. The monoisotopic (exact) mass is 320 g/mol. The van der Waals surface area contributed by atoms with Crippen molar-refractivity contribution in [3.8, 4) is 0 Å². The number of benzene rings is 1. The Bertz CT molecular complexity index is 543. The quantitative estimate of drug-likeness (QED) is 0.677. The molecule has 1 aliphatic heterocycles. The van der Waals surface area contributed by atoms with Crippen LogP contribution in [0.3, 0.4) is 0 Å². The van der Waals surface area contributed by atoms with Crippen molar-refractivity contribution >= 4 is 40.5 Å². The molecular weight excluding hydrogens is 311 g/mol. The summed E-state index contributed by atoms with van der Waals surface area (Å²) in [5.41, 5.74) is 0.0264. The van der Waals surface area contributed by atoms with Crippen LogP contribution >= 0.6 is 23.2 Å². The third-order valence-corrected chi connectivity index (χ3v) is 3.49. The molecule has 108 valence electrons. The van der Waals surface area contributed by atoms with Crippen molar-refractivity contribution in [1.29, 1.82) is 0 Å². The first kappa shape index (κ1) is 14.8. The Balaban J connectivity index is 2.45. The lowest BCUT2D eigenvalue weighted by Gasteiger charge is -2.35. The molecule has 1 N–H and O–H groups in total. The first-order valence-electron chi connectivity index (χ1n) is 5.62. The average Bonchev–Trinajstić information content (AvgIpc) is 2.38. The maximum Gasteiger partial charge on any atom is 0.328 e. The molecule has 1 fully saturated rings. The first-order chi connectivity index (χ1) is 9.41. The summed E-state index contributed by atoms with van der Waals surface area (Å²) in [5, 5.41) is 20.0. The fraction of sp³-hybridized carbons (Fsp3) is 0.364. The molecule has 20 heavy (non-hydrogen) atoms. The van der Waals surface area contributed by atoms with Crippen LogP contribution in [0.4, 0.5) is 11.4 Å². The van der Waals surface area contributed by atoms with E-state index in [1.54, 1.807) is 0 Å². The molecule has 0 spiro atoms. The highest BCUT2D eigenvalue weighted by atomic mass is 35.5. The second-order valence-corrected chi connectivity index (χ2v) is 4.95. The van der Waals surface area contributed by atoms with E-state index in [2.05, 4.69) is 0 Å². The van der Waals surface area contributed by atoms with E-state index in [0.29, 0.717) is 6.61 Å². The van der Waals surface area contributed by atoms with Gasteiger partial charge >= 0.3 is 5.97 Å². The van der Waals surface area contributed by atoms with E-state index < -0.39 is 16.9 Å². The van der Waals surface area contributed by atoms with Crippen LogP contribution in [0.5, 0.6) is 0 Å². The number of non-ortho nitro benzene ring substituents is 1. The van der Waals surface area contributed by atoms with Gasteiger partial charge in [0.25, 0.3) is 5.69 Å². The number of ether oxygens (including phenoxy) is 1. The van der Waals surface area contributed by atoms with Crippen LogP contribution in [0.1, 0.15) is 0 Å². The summed E-state index contributed by atoms with van der Waals surface area (Å²) >= 11 is 12.0. The fourth-order valence-corrected chi connectivity index (χ4v) is 2.70. The van der Waals surface area contributed by atoms with Gasteiger partial charge < -0.3 is 14.7 Å². The molecule has 0 bridgehead atoms. The molecule has 1 aliphatic rings. The Morgan fingerprint density at radius 1 is 1.45 bits per heavy atom. The molecule has 0 saturated carbocycles. The number of hydrogen-bond acceptors (Lipinski definition) is 5. The number of nitro benzene ring substituents is 1. The number of anilines is 1. The molecule has 2 rings (SSSR count). The first-order valence-corrected chi connectivity index (χ1v) is 6.38. The predicted molar refractivity (Wildman–Crippen MR) is 72.7 cm³/mol. The van der Waals surface area contributed by atoms with Crippen LogP contribution in [0.25, 0.3) is 0 Å². The van der Waals surface area contributed by atoms with E-state index >= 15 is 0 Å². The Kier molecular flexibility index (Phi) is 4.32. The van der Waals surface area contributed by atoms with Gasteiger partial charge in [-0.05, 0) is 0 Å². The van der Waals surface area contributed by atoms with E-state index in [1.165, 1.54) is 4.90 Å². The summed E-state index contributed by atoms with van der Waals surface area (Å²) in [4.78, 5) is 22.8. The van der Waals surface area contributed by atoms with E-state index in [4.69, 9.17) is 27.9 Å². The topological polar surface area (TPSA) is 92.9 Å². The molecule has 1 unspecified atom stereocenters. The molecular formula is C11H10Cl2N2O5. The molecule has 0 aromatic heterocycles. The maximum absolute atomic E-state index is 11.2. The minimum atomic E-state index is -1.07. The lowest BCUT2D eigenvalue weighted by molar-refractivity contribution is -0.384. The van der Waals surface area contributed by atoms with Crippen LogP contribution in [0.2, 0.25) is 10.0 Å². The number of morpholine rings is 1. The normalized spacial score (nSPS) is 18.9. The number of carboxylic acid groups (broad SMARTS) is 1. The van der Waals surface area contributed by atoms with Gasteiger partial charge in [-0.15, -0.1) is 0 Å². The van der Waals surface area contributed by atoms with Crippen molar-refractivity contribution < 1.29 is 19.6 Å². The van der Waals surface area contributed by atoms with Gasteiger partial charge in [-0.3, -0.25) is 10.1 Å². The van der Waals surface area contributed by atoms with Gasteiger partial charge in [0.05, 0.1) is 33.9 Å². The second kappa shape index (κ2) is 5.82. The zero-order chi connectivity index (χ0) is 14.9. The molecule has 1 saturated heterocycles. The van der Waals surface area contributed by atoms with Crippen molar-refractivity contribution in [2.75, 3.05) is 24.7 Å². The van der Waals surface area contributed by atoms with E-state index in [9.17, 15) is 20.0 Å². The summed E-state index contributed by atoms with van der Waals surface area (Å²) < 4.78 is 5.12. The fourth-order valence-electron chi connectivity index (χ4n) is 2.01. The van der Waals surface area contributed by atoms with Gasteiger partial charge in [-0.2, -0.15) is 0 Å². The minimum Gasteiger partial charge on any atom is -0.480 e. The highest BCUT2D eigenvalue weighted by Crippen LogP contribution is 2.38. The number of nitro groups is 1. The number of aliphatic carboxylic acids is 1. The Hall–Kier alpha value is -1.57. The predicted octanol–water partition coefficient (Wildman–Crippen LogP) is 2.19. The van der Waals surface area contributed by atoms with E-state index in [0.717, 1.165) is 12.1 Å². The smallest absolute Gasteiger partial charge is 0.328 e. The van der Waals surface area contributed by atoms with Crippen LogP contribution in [-0.4, -0.2) is 41.8 Å². The van der Waals surface area contributed by atoms with Gasteiger partial charge in [0, 0.05) is 18.7 Å². The van der Waals surface area contributed by atoms with Gasteiger partial charge in [0.2, 0.25) is 0 Å². The second-order valence-electron chi connectivity index (χ2n) is 4.14. The zero-order valence-corrected chi connectivity index (χ0v) is 11.6. The summed E-state index contributed by atoms with van der Waals surface area (Å²) in [5.74, 6) is -1.07. The zero-order valence-electron chi connectivity index (χ0n) is 10.1. The minimum absolute atomic E-state index is 0.00101. The Morgan fingerprint density at radius 3 is 2.55 bits per heavy atom. The number of halogens is 2. The molecule has 0 radical (unpaired) electrons. The number of carbonyl (C=O) groups is 1. The van der Waals surface area contributed by atoms with Crippen LogP contribution < -0.4 is 4.90 Å². The van der Waals surface area contributed by atoms with Gasteiger partial charge in [0.1, 0.15) is 0 Å². The molecule has 1 aromatic rings. The molecule has 9 heteroatoms. The maximum atomic E-state index is 11.2. The third kappa shape index (κ3) is 2.79. The number of nitrogens with zero attached hydrogens (tertiary/aromatic N) is 2. The van der Waals surface area contributed by atoms with Gasteiger partial charge in [0.15, 0.2) is 6.04 Å². The van der Waals surface area contributed by atoms with Crippen LogP contribution in [0.15, 0.2) is 12.1 Å². The summed E-state index contributed by atoms with van der Waals surface area (Å²) in [6.45, 7) is 0.612. The SMILES string of the molecule is O=C(O)C1COCCN1c1c(Cl)cc([N+](=O)[O-])cc1Cl. The highest BCUT2D eigenvalue weighted by Gasteiger charge is 2.32. The summed E-state index contributed by atoms with van der Waals surface area (Å²) in [6, 6.07) is 1.37. The largest absolute Gasteiger partial charge is 0.480 e. The van der Waals surface area contributed by atoms with Crippen LogP contribution in [0, 0.1) is 10.1 Å². The van der Waals surface area contributed by atoms with Crippen molar-refractivity contribution in [2.45, 2.75) is 6.04 Å². The van der Waals surface area contributed by atoms with Gasteiger partial charge in [-0.1, -0.05) is 23.2 Å². The van der Waals surface area contributed by atoms with Crippen molar-refractivity contribution in [3.63, 3.8) is 0 Å². The summed E-state index contributed by atoms with van der Waals surface area (Å²) in [7, 11) is 0. The molecule has 1 heterocycles. The number of carboxylic acids is 1. The average molecular weight is 321 g/mol. The van der Waals surface area contributed by atoms with Crippen molar-refractivity contribution in [1.82, 2.24) is 0 Å². The summed E-state index contributed by atoms with van der Waals surface area (Å²) in [6.07, 6.45) is 0. The lowest BCUT2D eigenvalue weighted by atomic mass is 10.1. The van der Waals surface area contributed by atoms with Gasteiger partial charge in [-0.25, -0.2) is 4.79 Å². The lowest BCUT2D eigenvalue weighted by Crippen LogP contribution is -2.50. The van der Waals surface area contributed by atoms with E-state index in [1.807, 2.05) is 0 Å². The number of hydrogen-bond donors (Lipinski definition) is 1. The highest BCUT2D eigenvalue weighted by molar-refractivity contribution is 6.39.